The van der Waals surface area contributed by atoms with Crippen LogP contribution in [0.15, 0.2) is 11.6 Å². The van der Waals surface area contributed by atoms with Gasteiger partial charge in [-0.1, -0.05) is 13.0 Å². The van der Waals surface area contributed by atoms with Crippen molar-refractivity contribution in [3.05, 3.63) is 11.6 Å². The van der Waals surface area contributed by atoms with Gasteiger partial charge in [0.15, 0.2) is 0 Å². The van der Waals surface area contributed by atoms with E-state index in [2.05, 4.69) is 0 Å². The highest BCUT2D eigenvalue weighted by Gasteiger charge is 2.17. The Hall–Kier alpha value is -1.36. The van der Waals surface area contributed by atoms with Crippen LogP contribution in [0.2, 0.25) is 0 Å². The molecule has 5 heteroatoms. The van der Waals surface area contributed by atoms with Gasteiger partial charge in [-0.2, -0.15) is 0 Å². The van der Waals surface area contributed by atoms with E-state index in [0.717, 1.165) is 0 Å². The molecule has 0 fully saturated rings. The molecular formula is C8H13NO4. The first-order chi connectivity index (χ1) is 5.99. The van der Waals surface area contributed by atoms with Crippen molar-refractivity contribution in [2.45, 2.75) is 25.8 Å². The van der Waals surface area contributed by atoms with E-state index in [4.69, 9.17) is 15.9 Å². The fourth-order valence-corrected chi connectivity index (χ4v) is 0.829. The van der Waals surface area contributed by atoms with E-state index in [1.807, 2.05) is 0 Å². The molecule has 0 aliphatic rings. The number of carboxylic acid groups (broad SMARTS) is 2. The van der Waals surface area contributed by atoms with E-state index in [1.165, 1.54) is 6.08 Å². The molecule has 0 aliphatic carbocycles. The van der Waals surface area contributed by atoms with E-state index in [1.54, 1.807) is 6.92 Å². The van der Waals surface area contributed by atoms with Gasteiger partial charge in [0.05, 0.1) is 0 Å². The summed E-state index contributed by atoms with van der Waals surface area (Å²) in [5, 5.41) is 17.1. The minimum absolute atomic E-state index is 0.0531. The van der Waals surface area contributed by atoms with Gasteiger partial charge in [0.1, 0.15) is 6.04 Å². The van der Waals surface area contributed by atoms with Crippen molar-refractivity contribution < 1.29 is 19.8 Å². The summed E-state index contributed by atoms with van der Waals surface area (Å²) < 4.78 is 0. The first-order valence-corrected chi connectivity index (χ1v) is 3.89. The van der Waals surface area contributed by atoms with Crippen LogP contribution < -0.4 is 5.73 Å². The van der Waals surface area contributed by atoms with Gasteiger partial charge in [-0.25, -0.2) is 4.79 Å². The van der Waals surface area contributed by atoms with Gasteiger partial charge in [-0.05, 0) is 6.42 Å². The monoisotopic (exact) mass is 187 g/mol. The van der Waals surface area contributed by atoms with E-state index in [0.29, 0.717) is 6.42 Å². The van der Waals surface area contributed by atoms with Crippen LogP contribution in [0.25, 0.3) is 0 Å². The maximum atomic E-state index is 10.5. The lowest BCUT2D eigenvalue weighted by Gasteiger charge is -2.06. The van der Waals surface area contributed by atoms with Crippen molar-refractivity contribution in [1.29, 1.82) is 0 Å². The molecule has 0 aromatic carbocycles. The van der Waals surface area contributed by atoms with Gasteiger partial charge in [0.2, 0.25) is 0 Å². The minimum Gasteiger partial charge on any atom is -0.480 e. The Bertz CT molecular complexity index is 234. The first kappa shape index (κ1) is 11.6. The number of aliphatic carboxylic acids is 2. The lowest BCUT2D eigenvalue weighted by Crippen LogP contribution is -2.31. The van der Waals surface area contributed by atoms with E-state index >= 15 is 0 Å². The third kappa shape index (κ3) is 4.27. The van der Waals surface area contributed by atoms with E-state index in [-0.39, 0.29) is 12.0 Å². The van der Waals surface area contributed by atoms with Crippen LogP contribution in [-0.4, -0.2) is 28.2 Å². The van der Waals surface area contributed by atoms with Gasteiger partial charge < -0.3 is 15.9 Å². The zero-order valence-electron chi connectivity index (χ0n) is 7.36. The third-order valence-electron chi connectivity index (χ3n) is 1.48. The summed E-state index contributed by atoms with van der Waals surface area (Å²) in [7, 11) is 0. The summed E-state index contributed by atoms with van der Waals surface area (Å²) in [5.41, 5.74) is 5.23. The van der Waals surface area contributed by atoms with Crippen molar-refractivity contribution in [2.75, 3.05) is 0 Å². The second kappa shape index (κ2) is 5.31. The molecular weight excluding hydrogens is 174 g/mol. The summed E-state index contributed by atoms with van der Waals surface area (Å²) in [6.07, 6.45) is 1.87. The third-order valence-corrected chi connectivity index (χ3v) is 1.48. The first-order valence-electron chi connectivity index (χ1n) is 3.89. The average molecular weight is 187 g/mol. The van der Waals surface area contributed by atoms with Crippen LogP contribution in [0, 0.1) is 0 Å². The average Bonchev–Trinajstić information content (AvgIpc) is 2.03. The molecule has 1 atom stereocenters. The van der Waals surface area contributed by atoms with Crippen molar-refractivity contribution in [3.63, 3.8) is 0 Å². The van der Waals surface area contributed by atoms with Gasteiger partial charge in [-0.3, -0.25) is 4.79 Å². The van der Waals surface area contributed by atoms with Crippen molar-refractivity contribution in [1.82, 2.24) is 0 Å². The molecule has 0 aromatic heterocycles. The molecule has 4 N–H and O–H groups in total. The molecule has 0 radical (unpaired) electrons. The van der Waals surface area contributed by atoms with E-state index in [9.17, 15) is 9.59 Å². The van der Waals surface area contributed by atoms with Gasteiger partial charge in [-0.15, -0.1) is 0 Å². The van der Waals surface area contributed by atoms with Crippen molar-refractivity contribution in [2.24, 2.45) is 5.73 Å². The molecule has 0 saturated heterocycles. The highest BCUT2D eigenvalue weighted by atomic mass is 16.4. The highest BCUT2D eigenvalue weighted by Crippen LogP contribution is 2.05. The molecule has 0 rings (SSSR count). The van der Waals surface area contributed by atoms with E-state index < -0.39 is 18.0 Å². The van der Waals surface area contributed by atoms with Crippen LogP contribution in [0.3, 0.4) is 0 Å². The lowest BCUT2D eigenvalue weighted by atomic mass is 10.1. The maximum Gasteiger partial charge on any atom is 0.331 e. The summed E-state index contributed by atoms with van der Waals surface area (Å²) in [6, 6.07) is -1.14. The number of allylic oxidation sites excluding steroid dienone is 1. The number of rotatable bonds is 5. The van der Waals surface area contributed by atoms with Gasteiger partial charge in [0, 0.05) is 12.0 Å². The van der Waals surface area contributed by atoms with Crippen LogP contribution in [0.4, 0.5) is 0 Å². The minimum atomic E-state index is -1.19. The highest BCUT2D eigenvalue weighted by molar-refractivity contribution is 5.88. The Morgan fingerprint density at radius 2 is 2.00 bits per heavy atom. The van der Waals surface area contributed by atoms with Crippen LogP contribution in [0.5, 0.6) is 0 Å². The second-order valence-corrected chi connectivity index (χ2v) is 2.59. The molecule has 0 saturated carbocycles. The molecule has 1 unspecified atom stereocenters. The molecule has 0 aliphatic heterocycles. The Morgan fingerprint density at radius 1 is 1.46 bits per heavy atom. The van der Waals surface area contributed by atoms with Gasteiger partial charge >= 0.3 is 11.9 Å². The number of carbonyl (C=O) groups is 2. The second-order valence-electron chi connectivity index (χ2n) is 2.59. The summed E-state index contributed by atoms with van der Waals surface area (Å²) in [6.45, 7) is 1.77. The molecule has 0 aromatic rings. The summed E-state index contributed by atoms with van der Waals surface area (Å²) in [5.74, 6) is -2.30. The van der Waals surface area contributed by atoms with Crippen molar-refractivity contribution in [3.8, 4) is 0 Å². The Balaban J connectivity index is 4.36. The fourth-order valence-electron chi connectivity index (χ4n) is 0.829. The Labute approximate surface area is 75.9 Å². The van der Waals surface area contributed by atoms with Gasteiger partial charge in [0.25, 0.3) is 0 Å². The zero-order valence-corrected chi connectivity index (χ0v) is 7.36. The molecule has 0 heterocycles. The van der Waals surface area contributed by atoms with Crippen LogP contribution in [-0.2, 0) is 9.59 Å². The summed E-state index contributed by atoms with van der Waals surface area (Å²) >= 11 is 0. The Morgan fingerprint density at radius 3 is 2.31 bits per heavy atom. The maximum absolute atomic E-state index is 10.5. The molecule has 0 bridgehead atoms. The normalized spacial score (nSPS) is 13.8. The Kier molecular flexibility index (Phi) is 4.76. The topological polar surface area (TPSA) is 101 Å². The lowest BCUT2D eigenvalue weighted by molar-refractivity contribution is -0.138. The molecule has 5 nitrogen and oxygen atoms in total. The predicted molar refractivity (Wildman–Crippen MR) is 46.2 cm³/mol. The largest absolute Gasteiger partial charge is 0.480 e. The quantitative estimate of drug-likeness (QED) is 0.534. The van der Waals surface area contributed by atoms with Crippen molar-refractivity contribution >= 4 is 11.9 Å². The molecule has 74 valence electrons. The zero-order chi connectivity index (χ0) is 10.4. The SMILES string of the molecule is CCC=C(CC(N)C(=O)O)C(=O)O. The molecule has 13 heavy (non-hydrogen) atoms. The standard InChI is InChI=1S/C8H13NO4/c1-2-3-5(7(10)11)4-6(9)8(12)13/h3,6H,2,4,9H2,1H3,(H,10,11)(H,12,13). The predicted octanol–water partition coefficient (Wildman–Crippen LogP) is 0.209. The number of hydrogen-bond acceptors (Lipinski definition) is 3. The number of hydrogen-bond donors (Lipinski definition) is 3. The van der Waals surface area contributed by atoms with Crippen LogP contribution >= 0.6 is 0 Å². The fraction of sp³-hybridized carbons (Fsp3) is 0.500. The molecule has 0 spiro atoms. The van der Waals surface area contributed by atoms with Crippen LogP contribution in [0.1, 0.15) is 19.8 Å². The molecule has 0 amide bonds. The summed E-state index contributed by atoms with van der Waals surface area (Å²) in [4.78, 5) is 20.8. The smallest absolute Gasteiger partial charge is 0.331 e. The number of carboxylic acids is 2. The number of nitrogens with two attached hydrogens (primary N) is 1.